The minimum absolute atomic E-state index is 0.0772. The molecular formula is C20H20ClN3O. The standard InChI is InChI=1S/C20H20ClN3O/c1-23-6-8-24(9-7-23)20(25)19-13-22-12-18(19)17-11-15(21)10-14-4-2-3-5-16(14)17/h2-5,10-13,22H,6-9H2,1H3. The van der Waals surface area contributed by atoms with Crippen LogP contribution in [-0.4, -0.2) is 53.9 Å². The largest absolute Gasteiger partial charge is 0.366 e. The maximum Gasteiger partial charge on any atom is 0.256 e. The molecule has 1 amide bonds. The van der Waals surface area contributed by atoms with Gasteiger partial charge in [0.25, 0.3) is 5.91 Å². The second-order valence-electron chi connectivity index (χ2n) is 6.55. The van der Waals surface area contributed by atoms with Crippen molar-refractivity contribution in [2.75, 3.05) is 33.2 Å². The van der Waals surface area contributed by atoms with Crippen molar-refractivity contribution in [1.29, 1.82) is 0 Å². The third kappa shape index (κ3) is 3.03. The quantitative estimate of drug-likeness (QED) is 0.759. The zero-order valence-corrected chi connectivity index (χ0v) is 14.9. The lowest BCUT2D eigenvalue weighted by molar-refractivity contribution is 0.0665. The predicted molar refractivity (Wildman–Crippen MR) is 102 cm³/mol. The lowest BCUT2D eigenvalue weighted by Gasteiger charge is -2.32. The van der Waals surface area contributed by atoms with Crippen LogP contribution in [0.25, 0.3) is 21.9 Å². The molecule has 2 heterocycles. The number of nitrogens with one attached hydrogen (secondary N) is 1. The second kappa shape index (κ2) is 6.54. The maximum absolute atomic E-state index is 13.0. The lowest BCUT2D eigenvalue weighted by atomic mass is 9.97. The van der Waals surface area contributed by atoms with Gasteiger partial charge in [0.15, 0.2) is 0 Å². The Kier molecular flexibility index (Phi) is 4.24. The van der Waals surface area contributed by atoms with Crippen LogP contribution in [0, 0.1) is 0 Å². The van der Waals surface area contributed by atoms with Crippen molar-refractivity contribution >= 4 is 28.3 Å². The van der Waals surface area contributed by atoms with Gasteiger partial charge < -0.3 is 14.8 Å². The number of likely N-dealkylation sites (N-methyl/N-ethyl adjacent to an activating group) is 1. The van der Waals surface area contributed by atoms with Crippen molar-refractivity contribution < 1.29 is 4.79 Å². The first-order chi connectivity index (χ1) is 12.1. The summed E-state index contributed by atoms with van der Waals surface area (Å²) in [6, 6.07) is 12.0. The molecule has 1 fully saturated rings. The number of nitrogens with zero attached hydrogens (tertiary/aromatic N) is 2. The topological polar surface area (TPSA) is 39.3 Å². The van der Waals surface area contributed by atoms with Gasteiger partial charge in [0.05, 0.1) is 5.56 Å². The van der Waals surface area contributed by atoms with Gasteiger partial charge in [-0.05, 0) is 35.5 Å². The first-order valence-corrected chi connectivity index (χ1v) is 8.84. The SMILES string of the molecule is CN1CCN(C(=O)c2c[nH]cc2-c2cc(Cl)cc3ccccc23)CC1. The third-order valence-electron chi connectivity index (χ3n) is 4.88. The van der Waals surface area contributed by atoms with E-state index in [1.54, 1.807) is 6.20 Å². The van der Waals surface area contributed by atoms with E-state index in [-0.39, 0.29) is 5.91 Å². The van der Waals surface area contributed by atoms with Gasteiger partial charge in [-0.3, -0.25) is 4.79 Å². The summed E-state index contributed by atoms with van der Waals surface area (Å²) in [6.45, 7) is 3.34. The molecule has 0 saturated carbocycles. The number of halogens is 1. The van der Waals surface area contributed by atoms with Crippen LogP contribution < -0.4 is 0 Å². The molecule has 5 heteroatoms. The number of hydrogen-bond donors (Lipinski definition) is 1. The van der Waals surface area contributed by atoms with E-state index >= 15 is 0 Å². The number of fused-ring (bicyclic) bond motifs is 1. The number of benzene rings is 2. The van der Waals surface area contributed by atoms with E-state index in [1.807, 2.05) is 41.4 Å². The number of carbonyl (C=O) groups is 1. The average Bonchev–Trinajstić information content (AvgIpc) is 3.10. The Bertz CT molecular complexity index is 926. The molecule has 1 saturated heterocycles. The third-order valence-corrected chi connectivity index (χ3v) is 5.10. The molecule has 0 aliphatic carbocycles. The van der Waals surface area contributed by atoms with Crippen LogP contribution in [0.5, 0.6) is 0 Å². The number of aromatic amines is 1. The summed E-state index contributed by atoms with van der Waals surface area (Å²) in [5.74, 6) is 0.0772. The maximum atomic E-state index is 13.0. The summed E-state index contributed by atoms with van der Waals surface area (Å²) in [5, 5.41) is 2.84. The highest BCUT2D eigenvalue weighted by molar-refractivity contribution is 6.32. The van der Waals surface area contributed by atoms with Crippen molar-refractivity contribution in [3.8, 4) is 11.1 Å². The Hall–Kier alpha value is -2.30. The molecule has 0 atom stereocenters. The zero-order chi connectivity index (χ0) is 17.4. The Morgan fingerprint density at radius 3 is 2.60 bits per heavy atom. The first-order valence-electron chi connectivity index (χ1n) is 8.47. The summed E-state index contributed by atoms with van der Waals surface area (Å²) in [7, 11) is 2.08. The molecule has 1 aliphatic heterocycles. The minimum atomic E-state index is 0.0772. The lowest BCUT2D eigenvalue weighted by Crippen LogP contribution is -2.47. The molecule has 0 radical (unpaired) electrons. The Morgan fingerprint density at radius 2 is 1.80 bits per heavy atom. The van der Waals surface area contributed by atoms with Crippen molar-refractivity contribution in [2.45, 2.75) is 0 Å². The van der Waals surface area contributed by atoms with E-state index in [1.165, 1.54) is 0 Å². The fraction of sp³-hybridized carbons (Fsp3) is 0.250. The number of H-pyrrole nitrogens is 1. The second-order valence-corrected chi connectivity index (χ2v) is 6.99. The molecule has 25 heavy (non-hydrogen) atoms. The van der Waals surface area contributed by atoms with Gasteiger partial charge in [0, 0.05) is 49.2 Å². The van der Waals surface area contributed by atoms with E-state index in [0.29, 0.717) is 10.6 Å². The molecule has 0 unspecified atom stereocenters. The van der Waals surface area contributed by atoms with E-state index < -0.39 is 0 Å². The fourth-order valence-electron chi connectivity index (χ4n) is 3.44. The molecule has 2 aromatic carbocycles. The highest BCUT2D eigenvalue weighted by Crippen LogP contribution is 2.34. The van der Waals surface area contributed by atoms with Gasteiger partial charge in [0.2, 0.25) is 0 Å². The molecular weight excluding hydrogens is 334 g/mol. The number of hydrogen-bond acceptors (Lipinski definition) is 2. The Labute approximate surface area is 152 Å². The molecule has 4 rings (SSSR count). The van der Waals surface area contributed by atoms with Gasteiger partial charge in [-0.2, -0.15) is 0 Å². The molecule has 0 bridgehead atoms. The van der Waals surface area contributed by atoms with Crippen LogP contribution >= 0.6 is 11.6 Å². The van der Waals surface area contributed by atoms with Crippen LogP contribution in [0.2, 0.25) is 5.02 Å². The van der Waals surface area contributed by atoms with Gasteiger partial charge in [0.1, 0.15) is 0 Å². The summed E-state index contributed by atoms with van der Waals surface area (Å²) in [5.41, 5.74) is 2.60. The minimum Gasteiger partial charge on any atom is -0.366 e. The van der Waals surface area contributed by atoms with Crippen molar-refractivity contribution in [3.05, 3.63) is 59.4 Å². The van der Waals surface area contributed by atoms with Crippen LogP contribution in [0.4, 0.5) is 0 Å². The van der Waals surface area contributed by atoms with Gasteiger partial charge in [-0.25, -0.2) is 0 Å². The van der Waals surface area contributed by atoms with Gasteiger partial charge in [-0.15, -0.1) is 0 Å². The van der Waals surface area contributed by atoms with Crippen molar-refractivity contribution in [1.82, 2.24) is 14.8 Å². The molecule has 0 spiro atoms. The summed E-state index contributed by atoms with van der Waals surface area (Å²) in [4.78, 5) is 20.3. The van der Waals surface area contributed by atoms with Crippen LogP contribution in [-0.2, 0) is 0 Å². The highest BCUT2D eigenvalue weighted by atomic mass is 35.5. The van der Waals surface area contributed by atoms with Crippen LogP contribution in [0.15, 0.2) is 48.8 Å². The molecule has 1 aliphatic rings. The molecule has 1 aromatic heterocycles. The van der Waals surface area contributed by atoms with Gasteiger partial charge in [-0.1, -0.05) is 35.9 Å². The van der Waals surface area contributed by atoms with E-state index in [0.717, 1.165) is 48.1 Å². The monoisotopic (exact) mass is 353 g/mol. The zero-order valence-electron chi connectivity index (χ0n) is 14.1. The van der Waals surface area contributed by atoms with E-state index in [4.69, 9.17) is 11.6 Å². The number of amides is 1. The molecule has 128 valence electrons. The number of piperazine rings is 1. The van der Waals surface area contributed by atoms with Crippen molar-refractivity contribution in [2.24, 2.45) is 0 Å². The van der Waals surface area contributed by atoms with Crippen molar-refractivity contribution in [3.63, 3.8) is 0 Å². The normalized spacial score (nSPS) is 15.7. The average molecular weight is 354 g/mol. The number of aromatic nitrogens is 1. The summed E-state index contributed by atoms with van der Waals surface area (Å²) in [6.07, 6.45) is 3.69. The fourth-order valence-corrected chi connectivity index (χ4v) is 3.67. The highest BCUT2D eigenvalue weighted by Gasteiger charge is 2.24. The first kappa shape index (κ1) is 16.2. The summed E-state index contributed by atoms with van der Waals surface area (Å²) < 4.78 is 0. The van der Waals surface area contributed by atoms with Crippen LogP contribution in [0.3, 0.4) is 0 Å². The van der Waals surface area contributed by atoms with E-state index in [9.17, 15) is 4.79 Å². The smallest absolute Gasteiger partial charge is 0.256 e. The molecule has 3 aromatic rings. The Balaban J connectivity index is 1.77. The number of carbonyl (C=O) groups excluding carboxylic acids is 1. The molecule has 1 N–H and O–H groups in total. The predicted octanol–water partition coefficient (Wildman–Crippen LogP) is 3.88. The van der Waals surface area contributed by atoms with Crippen LogP contribution in [0.1, 0.15) is 10.4 Å². The Morgan fingerprint density at radius 1 is 1.04 bits per heavy atom. The number of rotatable bonds is 2. The summed E-state index contributed by atoms with van der Waals surface area (Å²) >= 11 is 6.33. The van der Waals surface area contributed by atoms with Gasteiger partial charge >= 0.3 is 0 Å². The van der Waals surface area contributed by atoms with E-state index in [2.05, 4.69) is 23.0 Å². The molecule has 4 nitrogen and oxygen atoms in total.